The molecule has 0 radical (unpaired) electrons. The van der Waals surface area contributed by atoms with Gasteiger partial charge in [-0.2, -0.15) is 10.2 Å². The summed E-state index contributed by atoms with van der Waals surface area (Å²) in [4.78, 5) is 2.49. The molecule has 0 amide bonds. The van der Waals surface area contributed by atoms with Crippen molar-refractivity contribution in [3.63, 3.8) is 0 Å². The van der Waals surface area contributed by atoms with Crippen LogP contribution in [-0.4, -0.2) is 44.6 Å². The third-order valence-electron chi connectivity index (χ3n) is 5.84. The molecule has 1 aromatic carbocycles. The fourth-order valence-corrected chi connectivity index (χ4v) is 3.95. The number of aromatic nitrogens is 4. The van der Waals surface area contributed by atoms with Gasteiger partial charge in [-0.3, -0.25) is 14.7 Å². The van der Waals surface area contributed by atoms with Crippen molar-refractivity contribution in [2.24, 2.45) is 7.05 Å². The first-order valence-electron chi connectivity index (χ1n) is 10.5. The molecule has 2 aromatic heterocycles. The van der Waals surface area contributed by atoms with Crippen molar-refractivity contribution >= 4 is 0 Å². The Balaban J connectivity index is 1.25. The zero-order chi connectivity index (χ0) is 20.2. The van der Waals surface area contributed by atoms with Gasteiger partial charge in [0.05, 0.1) is 18.0 Å². The molecule has 1 fully saturated rings. The van der Waals surface area contributed by atoms with E-state index < -0.39 is 0 Å². The smallest absolute Gasteiger partial charge is 0.119 e. The van der Waals surface area contributed by atoms with Gasteiger partial charge in [0.15, 0.2) is 0 Å². The Morgan fingerprint density at radius 3 is 2.76 bits per heavy atom. The third-order valence-corrected chi connectivity index (χ3v) is 5.84. The van der Waals surface area contributed by atoms with Gasteiger partial charge >= 0.3 is 0 Å². The highest BCUT2D eigenvalue weighted by molar-refractivity contribution is 5.29. The molecule has 0 aliphatic carbocycles. The van der Waals surface area contributed by atoms with Crippen LogP contribution in [-0.2, 0) is 20.0 Å². The Hall–Kier alpha value is -2.60. The molecule has 1 aliphatic rings. The topological polar surface area (TPSA) is 59.0 Å². The van der Waals surface area contributed by atoms with E-state index in [9.17, 15) is 0 Å². The normalized spacial score (nSPS) is 17.3. The molecule has 0 saturated carbocycles. The number of H-pyrrole nitrogens is 1. The summed E-state index contributed by atoms with van der Waals surface area (Å²) in [5, 5.41) is 12.0. The highest BCUT2D eigenvalue weighted by Crippen LogP contribution is 2.27. The quantitative estimate of drug-likeness (QED) is 0.631. The maximum Gasteiger partial charge on any atom is 0.119 e. The molecular formula is C23H31N5O. The van der Waals surface area contributed by atoms with Crippen LogP contribution in [0.2, 0.25) is 0 Å². The van der Waals surface area contributed by atoms with Crippen molar-refractivity contribution < 1.29 is 4.74 Å². The van der Waals surface area contributed by atoms with Crippen LogP contribution < -0.4 is 4.74 Å². The number of nitrogens with zero attached hydrogens (tertiary/aromatic N) is 4. The third kappa shape index (κ3) is 4.88. The van der Waals surface area contributed by atoms with Gasteiger partial charge in [0.25, 0.3) is 0 Å². The van der Waals surface area contributed by atoms with E-state index in [0.717, 1.165) is 43.9 Å². The number of ether oxygens (including phenoxy) is 1. The summed E-state index contributed by atoms with van der Waals surface area (Å²) in [6, 6.07) is 12.7. The van der Waals surface area contributed by atoms with Crippen LogP contribution in [0.5, 0.6) is 5.75 Å². The average Bonchev–Trinajstić information content (AvgIpc) is 3.45. The van der Waals surface area contributed by atoms with Gasteiger partial charge in [-0.15, -0.1) is 0 Å². The molecule has 29 heavy (non-hydrogen) atoms. The van der Waals surface area contributed by atoms with Gasteiger partial charge < -0.3 is 4.74 Å². The van der Waals surface area contributed by atoms with E-state index in [2.05, 4.69) is 70.4 Å². The molecule has 6 heteroatoms. The van der Waals surface area contributed by atoms with Gasteiger partial charge in [-0.25, -0.2) is 0 Å². The van der Waals surface area contributed by atoms with Crippen molar-refractivity contribution in [1.29, 1.82) is 0 Å². The summed E-state index contributed by atoms with van der Waals surface area (Å²) >= 11 is 0. The summed E-state index contributed by atoms with van der Waals surface area (Å²) in [6.45, 7) is 8.16. The molecule has 3 heterocycles. The van der Waals surface area contributed by atoms with Crippen molar-refractivity contribution in [3.05, 3.63) is 65.2 Å². The number of hydrogen-bond acceptors (Lipinski definition) is 4. The Kier molecular flexibility index (Phi) is 6.00. The average molecular weight is 394 g/mol. The van der Waals surface area contributed by atoms with Gasteiger partial charge in [-0.1, -0.05) is 26.0 Å². The Morgan fingerprint density at radius 1 is 1.21 bits per heavy atom. The molecule has 1 saturated heterocycles. The molecule has 0 spiro atoms. The van der Waals surface area contributed by atoms with Crippen molar-refractivity contribution in [1.82, 2.24) is 24.9 Å². The van der Waals surface area contributed by atoms with Crippen LogP contribution in [0.4, 0.5) is 0 Å². The second kappa shape index (κ2) is 8.82. The molecule has 1 N–H and O–H groups in total. The van der Waals surface area contributed by atoms with Gasteiger partial charge in [0.1, 0.15) is 5.75 Å². The number of benzene rings is 1. The van der Waals surface area contributed by atoms with Crippen molar-refractivity contribution in [3.8, 4) is 5.75 Å². The Morgan fingerprint density at radius 2 is 2.03 bits per heavy atom. The lowest BCUT2D eigenvalue weighted by Gasteiger charge is -2.15. The highest BCUT2D eigenvalue weighted by Gasteiger charge is 2.26. The van der Waals surface area contributed by atoms with E-state index in [0.29, 0.717) is 18.4 Å². The van der Waals surface area contributed by atoms with E-state index in [1.807, 2.05) is 17.9 Å². The summed E-state index contributed by atoms with van der Waals surface area (Å²) in [6.07, 6.45) is 3.86. The van der Waals surface area contributed by atoms with Crippen molar-refractivity contribution in [2.75, 3.05) is 19.7 Å². The Labute approximate surface area is 172 Å². The van der Waals surface area contributed by atoms with Crippen LogP contribution >= 0.6 is 0 Å². The summed E-state index contributed by atoms with van der Waals surface area (Å²) in [5.41, 5.74) is 4.91. The largest absolute Gasteiger partial charge is 0.493 e. The molecule has 4 rings (SSSR count). The van der Waals surface area contributed by atoms with E-state index in [-0.39, 0.29) is 0 Å². The van der Waals surface area contributed by atoms with Crippen molar-refractivity contribution in [2.45, 2.75) is 45.1 Å². The molecule has 154 valence electrons. The number of hydrogen-bond donors (Lipinski definition) is 1. The lowest BCUT2D eigenvalue weighted by Crippen LogP contribution is -2.21. The summed E-state index contributed by atoms with van der Waals surface area (Å²) in [5.74, 6) is 1.97. The predicted molar refractivity (Wildman–Crippen MR) is 114 cm³/mol. The van der Waals surface area contributed by atoms with Crippen LogP contribution in [0.15, 0.2) is 42.6 Å². The molecule has 1 atom stereocenters. The molecule has 3 aromatic rings. The maximum absolute atomic E-state index is 5.90. The lowest BCUT2D eigenvalue weighted by atomic mass is 10.0. The molecule has 0 bridgehead atoms. The van der Waals surface area contributed by atoms with E-state index in [1.165, 1.54) is 17.0 Å². The Bertz CT molecular complexity index is 912. The monoisotopic (exact) mass is 393 g/mol. The molecule has 1 aliphatic heterocycles. The van der Waals surface area contributed by atoms with Gasteiger partial charge in [0, 0.05) is 44.4 Å². The number of rotatable bonds is 8. The van der Waals surface area contributed by atoms with E-state index in [1.54, 1.807) is 0 Å². The van der Waals surface area contributed by atoms with Crippen LogP contribution in [0.3, 0.4) is 0 Å². The van der Waals surface area contributed by atoms with Crippen LogP contribution in [0, 0.1) is 0 Å². The number of nitrogens with one attached hydrogen (secondary N) is 1. The molecule has 0 unspecified atom stereocenters. The number of likely N-dealkylation sites (tertiary alicyclic amines) is 1. The van der Waals surface area contributed by atoms with Crippen LogP contribution in [0.1, 0.15) is 54.7 Å². The first-order chi connectivity index (χ1) is 14.1. The maximum atomic E-state index is 5.90. The molecule has 6 nitrogen and oxygen atoms in total. The first kappa shape index (κ1) is 19.7. The zero-order valence-electron chi connectivity index (χ0n) is 17.6. The highest BCUT2D eigenvalue weighted by atomic mass is 16.5. The van der Waals surface area contributed by atoms with E-state index in [4.69, 9.17) is 4.74 Å². The van der Waals surface area contributed by atoms with Gasteiger partial charge in [-0.05, 0) is 48.7 Å². The lowest BCUT2D eigenvalue weighted by molar-refractivity contribution is 0.316. The minimum absolute atomic E-state index is 0.498. The van der Waals surface area contributed by atoms with E-state index >= 15 is 0 Å². The fraction of sp³-hybridized carbons (Fsp3) is 0.478. The number of aromatic amines is 1. The fourth-order valence-electron chi connectivity index (χ4n) is 3.95. The predicted octanol–water partition coefficient (Wildman–Crippen LogP) is 3.88. The first-order valence-corrected chi connectivity index (χ1v) is 10.5. The summed E-state index contributed by atoms with van der Waals surface area (Å²) < 4.78 is 7.86. The SMILES string of the molecule is CC(C)c1ccc(OCCc2cc([C@H]3CCN(Cc4ccnn4C)C3)n[nH]2)cc1. The number of aryl methyl sites for hydroxylation is 1. The standard InChI is InChI=1S/C23H31N5O/c1-17(2)18-4-6-22(7-5-18)29-13-10-20-14-23(26-25-20)19-9-12-28(15-19)16-21-8-11-24-27(21)3/h4-8,11,14,17,19H,9-10,12-13,15-16H2,1-3H3,(H,25,26)/t19-/m0/s1. The summed E-state index contributed by atoms with van der Waals surface area (Å²) in [7, 11) is 2.00. The molecular weight excluding hydrogens is 362 g/mol. The van der Waals surface area contributed by atoms with Crippen LogP contribution in [0.25, 0.3) is 0 Å². The second-order valence-corrected chi connectivity index (χ2v) is 8.31. The zero-order valence-corrected chi connectivity index (χ0v) is 17.6. The minimum Gasteiger partial charge on any atom is -0.493 e. The second-order valence-electron chi connectivity index (χ2n) is 8.31. The minimum atomic E-state index is 0.498. The van der Waals surface area contributed by atoms with Gasteiger partial charge in [0.2, 0.25) is 0 Å².